The van der Waals surface area contributed by atoms with Crippen molar-refractivity contribution in [2.75, 3.05) is 0 Å². The Morgan fingerprint density at radius 2 is 0.889 bits per heavy atom. The van der Waals surface area contributed by atoms with Gasteiger partial charge in [-0.2, -0.15) is 0 Å². The molecule has 2 aromatic carbocycles. The highest BCUT2D eigenvalue weighted by atomic mass is 16.3. The van der Waals surface area contributed by atoms with Crippen molar-refractivity contribution in [2.45, 2.75) is 26.7 Å². The molecule has 36 heavy (non-hydrogen) atoms. The van der Waals surface area contributed by atoms with E-state index in [0.717, 1.165) is 0 Å². The largest absolute Gasteiger partial charge is 0.507 e. The van der Waals surface area contributed by atoms with Crippen LogP contribution in [-0.2, 0) is 12.8 Å². The van der Waals surface area contributed by atoms with Crippen molar-refractivity contribution in [2.24, 2.45) is 0 Å². The maximum Gasteiger partial charge on any atom is 0.238 e. The summed E-state index contributed by atoms with van der Waals surface area (Å²) in [6.45, 7) is 2.87. The number of aromatic hydroxyl groups is 8. The number of fused-ring (bicyclic) bond motifs is 1. The van der Waals surface area contributed by atoms with Crippen LogP contribution in [0.2, 0.25) is 0 Å². The Morgan fingerprint density at radius 3 is 1.44 bits per heavy atom. The smallest absolute Gasteiger partial charge is 0.238 e. The predicted molar refractivity (Wildman–Crippen MR) is 124 cm³/mol. The van der Waals surface area contributed by atoms with Crippen LogP contribution in [0.5, 0.6) is 46.0 Å². The van der Waals surface area contributed by atoms with Crippen molar-refractivity contribution in [3.8, 4) is 57.1 Å². The van der Waals surface area contributed by atoms with E-state index in [4.69, 9.17) is 0 Å². The minimum atomic E-state index is -1.65. The van der Waals surface area contributed by atoms with Crippen LogP contribution in [0.4, 0.5) is 0 Å². The molecule has 0 saturated carbocycles. The topological polar surface area (TPSA) is 230 Å². The summed E-state index contributed by atoms with van der Waals surface area (Å²) in [6.07, 6.45) is -0.245. The number of phenolic OH excluding ortho intramolecular Hbond substituents is 6. The molecular weight excluding hydrogens is 480 g/mol. The lowest BCUT2D eigenvalue weighted by molar-refractivity contribution is 0.385. The quantitative estimate of drug-likeness (QED) is 0.108. The fourth-order valence-electron chi connectivity index (χ4n) is 4.48. The highest BCUT2D eigenvalue weighted by Crippen LogP contribution is 2.57. The Balaban J connectivity index is 2.37. The number of phenols is 6. The Bertz CT molecular complexity index is 1910. The van der Waals surface area contributed by atoms with E-state index in [0.29, 0.717) is 0 Å². The van der Waals surface area contributed by atoms with Gasteiger partial charge in [-0.3, -0.25) is 19.2 Å². The molecule has 0 radical (unpaired) electrons. The second-order valence-electron chi connectivity index (χ2n) is 8.02. The molecule has 0 unspecified atom stereocenters. The van der Waals surface area contributed by atoms with Crippen LogP contribution in [-0.4, -0.2) is 40.9 Å². The van der Waals surface area contributed by atoms with E-state index >= 15 is 0 Å². The summed E-state index contributed by atoms with van der Waals surface area (Å²) in [4.78, 5) is 50.9. The summed E-state index contributed by atoms with van der Waals surface area (Å²) in [7, 11) is 0. The summed E-state index contributed by atoms with van der Waals surface area (Å²) in [5.74, 6) is -9.03. The Kier molecular flexibility index (Phi) is 5.21. The fraction of sp³-hybridized carbons (Fsp3) is 0.167. The average molecular weight is 498 g/mol. The van der Waals surface area contributed by atoms with Crippen molar-refractivity contribution < 1.29 is 40.9 Å². The van der Waals surface area contributed by atoms with Crippen LogP contribution in [0.3, 0.4) is 0 Å². The number of hydrogen-bond acceptors (Lipinski definition) is 12. The first-order valence-corrected chi connectivity index (χ1v) is 10.5. The Labute approximate surface area is 198 Å². The van der Waals surface area contributed by atoms with Gasteiger partial charge in [0.1, 0.15) is 23.0 Å². The minimum absolute atomic E-state index is 0.0629. The third-order valence-electron chi connectivity index (χ3n) is 6.26. The number of benzene rings is 2. The standard InChI is InChI=1S/C24H18O12/c1-3-5-13(25)7-9(19(31)15(5)27)17(29)11(23(35)21(7)33)12-18(30)10-8(22(34)24(12)36)14(26)6(4-2)16(28)20(10)32/h25-27,29-31,33,35H,3-4H2,1-2H3. The van der Waals surface area contributed by atoms with Crippen molar-refractivity contribution in [1.82, 2.24) is 0 Å². The molecule has 2 aliphatic rings. The van der Waals surface area contributed by atoms with Gasteiger partial charge in [-0.25, -0.2) is 0 Å². The first kappa shape index (κ1) is 24.1. The molecule has 12 heteroatoms. The first-order valence-electron chi connectivity index (χ1n) is 10.5. The molecule has 0 amide bonds. The molecule has 0 atom stereocenters. The zero-order valence-corrected chi connectivity index (χ0v) is 18.6. The second kappa shape index (κ2) is 7.77. The highest BCUT2D eigenvalue weighted by molar-refractivity contribution is 6.10. The van der Waals surface area contributed by atoms with Crippen molar-refractivity contribution in [3.63, 3.8) is 0 Å². The van der Waals surface area contributed by atoms with Crippen LogP contribution in [0.1, 0.15) is 25.0 Å². The summed E-state index contributed by atoms with van der Waals surface area (Å²) in [6, 6.07) is 0. The SMILES string of the molecule is CCc1c(O)c(O)c2c(O)c(-c3c(O)c4c(=O)c(=O)c(CC)c(O)c=4c(=O)c3=O)c(O)c(O)c2c1O. The minimum Gasteiger partial charge on any atom is -0.507 e. The second-order valence-corrected chi connectivity index (χ2v) is 8.02. The van der Waals surface area contributed by atoms with Gasteiger partial charge in [-0.05, 0) is 12.8 Å². The maximum absolute atomic E-state index is 13.0. The molecule has 0 heterocycles. The zero-order valence-electron chi connectivity index (χ0n) is 18.6. The molecule has 0 saturated heterocycles. The molecular formula is C24H18O12. The lowest BCUT2D eigenvalue weighted by Gasteiger charge is -2.18. The lowest BCUT2D eigenvalue weighted by Crippen LogP contribution is -2.34. The molecule has 2 aliphatic carbocycles. The summed E-state index contributed by atoms with van der Waals surface area (Å²) in [5.41, 5.74) is -9.06. The molecule has 0 aliphatic heterocycles. The van der Waals surface area contributed by atoms with Crippen molar-refractivity contribution in [1.29, 1.82) is 0 Å². The van der Waals surface area contributed by atoms with Gasteiger partial charge in [0.15, 0.2) is 23.0 Å². The van der Waals surface area contributed by atoms with Gasteiger partial charge >= 0.3 is 0 Å². The molecule has 0 spiro atoms. The normalized spacial score (nSPS) is 11.5. The number of rotatable bonds is 3. The average Bonchev–Trinajstić information content (AvgIpc) is 2.83. The summed E-state index contributed by atoms with van der Waals surface area (Å²) in [5, 5.41) is 80.9. The molecule has 186 valence electrons. The summed E-state index contributed by atoms with van der Waals surface area (Å²) < 4.78 is 0. The first-order chi connectivity index (χ1) is 16.8. The summed E-state index contributed by atoms with van der Waals surface area (Å²) >= 11 is 0. The van der Waals surface area contributed by atoms with Gasteiger partial charge in [-0.1, -0.05) is 13.8 Å². The van der Waals surface area contributed by atoms with Crippen LogP contribution in [0.15, 0.2) is 19.2 Å². The van der Waals surface area contributed by atoms with E-state index in [1.165, 1.54) is 13.8 Å². The van der Waals surface area contributed by atoms with Gasteiger partial charge in [0.25, 0.3) is 0 Å². The van der Waals surface area contributed by atoms with E-state index in [9.17, 15) is 60.0 Å². The number of hydrogen-bond donors (Lipinski definition) is 8. The van der Waals surface area contributed by atoms with Crippen LogP contribution < -0.4 is 21.7 Å². The molecule has 0 aromatic heterocycles. The third-order valence-corrected chi connectivity index (χ3v) is 6.26. The predicted octanol–water partition coefficient (Wildman–Crippen LogP) is 0.318. The zero-order chi connectivity index (χ0) is 27.0. The van der Waals surface area contributed by atoms with Crippen LogP contribution in [0.25, 0.3) is 21.9 Å². The lowest BCUT2D eigenvalue weighted by atomic mass is 9.91. The Morgan fingerprint density at radius 1 is 0.417 bits per heavy atom. The van der Waals surface area contributed by atoms with Gasteiger partial charge in [0, 0.05) is 11.1 Å². The van der Waals surface area contributed by atoms with E-state index in [1.807, 2.05) is 0 Å². The van der Waals surface area contributed by atoms with Gasteiger partial charge in [-0.15, -0.1) is 0 Å². The monoisotopic (exact) mass is 498 g/mol. The van der Waals surface area contributed by atoms with Crippen molar-refractivity contribution >= 4 is 10.8 Å². The molecule has 0 fully saturated rings. The van der Waals surface area contributed by atoms with Crippen LogP contribution >= 0.6 is 0 Å². The maximum atomic E-state index is 13.0. The molecule has 4 rings (SSSR count). The van der Waals surface area contributed by atoms with E-state index in [2.05, 4.69) is 0 Å². The van der Waals surface area contributed by atoms with Crippen molar-refractivity contribution in [3.05, 3.63) is 62.5 Å². The molecule has 12 nitrogen and oxygen atoms in total. The van der Waals surface area contributed by atoms with E-state index in [1.54, 1.807) is 0 Å². The fourth-order valence-corrected chi connectivity index (χ4v) is 4.48. The van der Waals surface area contributed by atoms with E-state index in [-0.39, 0.29) is 18.4 Å². The van der Waals surface area contributed by atoms with E-state index < -0.39 is 106 Å². The molecule has 2 aromatic rings. The van der Waals surface area contributed by atoms with Gasteiger partial charge in [0.2, 0.25) is 21.7 Å². The van der Waals surface area contributed by atoms with Gasteiger partial charge in [0.05, 0.1) is 32.3 Å². The molecule has 0 bridgehead atoms. The molecule has 8 N–H and O–H groups in total. The third kappa shape index (κ3) is 2.75. The Hall–Kier alpha value is -5.00. The van der Waals surface area contributed by atoms with Crippen LogP contribution in [0, 0.1) is 10.4 Å². The highest BCUT2D eigenvalue weighted by Gasteiger charge is 2.32. The van der Waals surface area contributed by atoms with Gasteiger partial charge < -0.3 is 40.9 Å².